The van der Waals surface area contributed by atoms with Crippen molar-refractivity contribution in [2.75, 3.05) is 20.1 Å². The maximum atomic E-state index is 13.6. The molecule has 0 spiro atoms. The Morgan fingerprint density at radius 3 is 2.16 bits per heavy atom. The smallest absolute Gasteiger partial charge is 0.243 e. The lowest BCUT2D eigenvalue weighted by Crippen LogP contribution is -2.50. The molecule has 0 aliphatic rings. The Labute approximate surface area is 230 Å². The van der Waals surface area contributed by atoms with E-state index in [9.17, 15) is 18.0 Å². The van der Waals surface area contributed by atoms with Gasteiger partial charge in [0.15, 0.2) is 0 Å². The highest BCUT2D eigenvalue weighted by atomic mass is 35.5. The number of nitrogens with one attached hydrogen (secondary N) is 1. The van der Waals surface area contributed by atoms with Crippen LogP contribution >= 0.6 is 11.6 Å². The number of hydrogen-bond acceptors (Lipinski definition) is 4. The summed E-state index contributed by atoms with van der Waals surface area (Å²) in [6.45, 7) is 2.58. The third kappa shape index (κ3) is 7.90. The molecule has 3 rings (SSSR count). The van der Waals surface area contributed by atoms with E-state index in [0.29, 0.717) is 24.4 Å². The van der Waals surface area contributed by atoms with E-state index >= 15 is 0 Å². The van der Waals surface area contributed by atoms with Gasteiger partial charge in [-0.3, -0.25) is 9.59 Å². The maximum absolute atomic E-state index is 13.6. The number of benzene rings is 3. The first-order valence-corrected chi connectivity index (χ1v) is 14.4. The molecule has 1 atom stereocenters. The zero-order chi connectivity index (χ0) is 27.5. The van der Waals surface area contributed by atoms with Crippen LogP contribution in [0.1, 0.15) is 30.9 Å². The summed E-state index contributed by atoms with van der Waals surface area (Å²) in [5.74, 6) is -0.497. The molecule has 0 fully saturated rings. The minimum Gasteiger partial charge on any atom is -0.355 e. The van der Waals surface area contributed by atoms with Gasteiger partial charge < -0.3 is 10.2 Å². The summed E-state index contributed by atoms with van der Waals surface area (Å²) >= 11 is 6.42. The standard InChI is InChI=1S/C29H34ClN3O4S/c1-3-31-29(35)27(21-23-13-6-4-7-14-23)33(22-24-15-10-11-18-26(24)30)28(34)19-12-20-32(2)38(36,37)25-16-8-5-9-17-25/h4-11,13-18,27H,3,12,19-22H2,1-2H3,(H,31,35)/t27-/m1/s1. The number of amides is 2. The normalized spacial score (nSPS) is 12.2. The molecule has 38 heavy (non-hydrogen) atoms. The van der Waals surface area contributed by atoms with Crippen molar-refractivity contribution in [3.8, 4) is 0 Å². The zero-order valence-electron chi connectivity index (χ0n) is 21.7. The SMILES string of the molecule is CCNC(=O)[C@@H](Cc1ccccc1)N(Cc1ccccc1Cl)C(=O)CCCN(C)S(=O)(=O)c1ccccc1. The van der Waals surface area contributed by atoms with E-state index in [1.165, 1.54) is 11.4 Å². The number of carbonyl (C=O) groups is 2. The van der Waals surface area contributed by atoms with Crippen molar-refractivity contribution in [1.29, 1.82) is 0 Å². The second-order valence-electron chi connectivity index (χ2n) is 8.96. The van der Waals surface area contributed by atoms with Crippen molar-refractivity contribution in [3.63, 3.8) is 0 Å². The van der Waals surface area contributed by atoms with Crippen LogP contribution in [0.4, 0.5) is 0 Å². The van der Waals surface area contributed by atoms with Crippen LogP contribution in [0, 0.1) is 0 Å². The molecule has 0 unspecified atom stereocenters. The lowest BCUT2D eigenvalue weighted by atomic mass is 10.0. The molecule has 7 nitrogen and oxygen atoms in total. The number of nitrogens with zero attached hydrogens (tertiary/aromatic N) is 2. The molecule has 0 radical (unpaired) electrons. The first-order chi connectivity index (χ1) is 18.2. The highest BCUT2D eigenvalue weighted by Gasteiger charge is 2.30. The topological polar surface area (TPSA) is 86.8 Å². The van der Waals surface area contributed by atoms with Crippen molar-refractivity contribution < 1.29 is 18.0 Å². The second kappa shape index (κ2) is 14.1. The van der Waals surface area contributed by atoms with E-state index in [2.05, 4.69) is 5.32 Å². The van der Waals surface area contributed by atoms with E-state index in [0.717, 1.165) is 11.1 Å². The number of rotatable bonds is 13. The molecule has 0 aliphatic heterocycles. The molecule has 0 saturated carbocycles. The van der Waals surface area contributed by atoms with Crippen LogP contribution in [0.2, 0.25) is 5.02 Å². The molecule has 0 heterocycles. The summed E-state index contributed by atoms with van der Waals surface area (Å²) in [7, 11) is -2.16. The van der Waals surface area contributed by atoms with Crippen molar-refractivity contribution >= 4 is 33.4 Å². The summed E-state index contributed by atoms with van der Waals surface area (Å²) in [5.41, 5.74) is 1.66. The van der Waals surface area contributed by atoms with Crippen molar-refractivity contribution in [2.45, 2.75) is 43.7 Å². The van der Waals surface area contributed by atoms with Gasteiger partial charge in [0, 0.05) is 44.5 Å². The Morgan fingerprint density at radius 1 is 0.921 bits per heavy atom. The van der Waals surface area contributed by atoms with Gasteiger partial charge in [0.25, 0.3) is 0 Å². The van der Waals surface area contributed by atoms with Gasteiger partial charge in [0.1, 0.15) is 6.04 Å². The molecular formula is C29H34ClN3O4S. The fourth-order valence-electron chi connectivity index (χ4n) is 4.15. The van der Waals surface area contributed by atoms with Crippen LogP contribution in [0.25, 0.3) is 0 Å². The fourth-order valence-corrected chi connectivity index (χ4v) is 5.57. The van der Waals surface area contributed by atoms with E-state index in [4.69, 9.17) is 11.6 Å². The lowest BCUT2D eigenvalue weighted by molar-refractivity contribution is -0.141. The van der Waals surface area contributed by atoms with Crippen LogP contribution in [0.3, 0.4) is 0 Å². The molecule has 0 aliphatic carbocycles. The van der Waals surface area contributed by atoms with Gasteiger partial charge >= 0.3 is 0 Å². The Kier molecular flexibility index (Phi) is 10.9. The Bertz CT molecular complexity index is 1300. The lowest BCUT2D eigenvalue weighted by Gasteiger charge is -2.32. The average molecular weight is 556 g/mol. The highest BCUT2D eigenvalue weighted by molar-refractivity contribution is 7.89. The Morgan fingerprint density at radius 2 is 1.53 bits per heavy atom. The van der Waals surface area contributed by atoms with E-state index < -0.39 is 16.1 Å². The number of sulfonamides is 1. The summed E-state index contributed by atoms with van der Waals surface area (Å²) in [5, 5.41) is 3.37. The molecule has 0 bridgehead atoms. The van der Waals surface area contributed by atoms with Gasteiger partial charge in [-0.15, -0.1) is 0 Å². The number of halogens is 1. The number of hydrogen-bond donors (Lipinski definition) is 1. The van der Waals surface area contributed by atoms with Crippen LogP contribution < -0.4 is 5.32 Å². The molecule has 0 aromatic heterocycles. The van der Waals surface area contributed by atoms with E-state index in [-0.39, 0.29) is 36.2 Å². The molecule has 202 valence electrons. The Balaban J connectivity index is 1.81. The van der Waals surface area contributed by atoms with E-state index in [1.54, 1.807) is 41.3 Å². The molecule has 2 amide bonds. The first kappa shape index (κ1) is 29.4. The molecule has 3 aromatic carbocycles. The average Bonchev–Trinajstić information content (AvgIpc) is 2.92. The van der Waals surface area contributed by atoms with Crippen molar-refractivity contribution in [1.82, 2.24) is 14.5 Å². The third-order valence-corrected chi connectivity index (χ3v) is 8.48. The molecule has 3 aromatic rings. The summed E-state index contributed by atoms with van der Waals surface area (Å²) in [4.78, 5) is 28.6. The summed E-state index contributed by atoms with van der Waals surface area (Å²) in [6.07, 6.45) is 0.711. The second-order valence-corrected chi connectivity index (χ2v) is 11.4. The predicted octanol–water partition coefficient (Wildman–Crippen LogP) is 4.52. The quantitative estimate of drug-likeness (QED) is 0.336. The van der Waals surface area contributed by atoms with Crippen LogP contribution in [0.5, 0.6) is 0 Å². The largest absolute Gasteiger partial charge is 0.355 e. The Hall–Kier alpha value is -3.20. The zero-order valence-corrected chi connectivity index (χ0v) is 23.3. The van der Waals surface area contributed by atoms with Gasteiger partial charge in [0.2, 0.25) is 21.8 Å². The van der Waals surface area contributed by atoms with Crippen LogP contribution in [-0.4, -0.2) is 55.6 Å². The fraction of sp³-hybridized carbons (Fsp3) is 0.310. The van der Waals surface area contributed by atoms with Crippen LogP contribution in [0.15, 0.2) is 89.8 Å². The van der Waals surface area contributed by atoms with Gasteiger partial charge in [-0.05, 0) is 42.7 Å². The van der Waals surface area contributed by atoms with E-state index in [1.807, 2.05) is 55.5 Å². The molecule has 9 heteroatoms. The highest BCUT2D eigenvalue weighted by Crippen LogP contribution is 2.22. The van der Waals surface area contributed by atoms with Gasteiger partial charge in [0.05, 0.1) is 4.90 Å². The maximum Gasteiger partial charge on any atom is 0.243 e. The monoisotopic (exact) mass is 555 g/mol. The number of carbonyl (C=O) groups excluding carboxylic acids is 2. The van der Waals surface area contributed by atoms with Gasteiger partial charge in [-0.1, -0.05) is 78.3 Å². The summed E-state index contributed by atoms with van der Waals surface area (Å²) in [6, 6.07) is 24.2. The van der Waals surface area contributed by atoms with Crippen LogP contribution in [-0.2, 0) is 32.6 Å². The minimum absolute atomic E-state index is 0.0732. The predicted molar refractivity (Wildman–Crippen MR) is 150 cm³/mol. The molecular weight excluding hydrogens is 522 g/mol. The molecule has 0 saturated heterocycles. The first-order valence-electron chi connectivity index (χ1n) is 12.6. The van der Waals surface area contributed by atoms with Gasteiger partial charge in [-0.25, -0.2) is 12.7 Å². The molecule has 1 N–H and O–H groups in total. The number of likely N-dealkylation sites (N-methyl/N-ethyl adjacent to an activating group) is 1. The van der Waals surface area contributed by atoms with Crippen molar-refractivity contribution in [3.05, 3.63) is 101 Å². The van der Waals surface area contributed by atoms with Crippen molar-refractivity contribution in [2.24, 2.45) is 0 Å². The van der Waals surface area contributed by atoms with Gasteiger partial charge in [-0.2, -0.15) is 0 Å². The third-order valence-electron chi connectivity index (χ3n) is 6.24. The summed E-state index contributed by atoms with van der Waals surface area (Å²) < 4.78 is 27.0. The minimum atomic E-state index is -3.66.